The lowest BCUT2D eigenvalue weighted by Crippen LogP contribution is -2.25. The molecule has 0 bridgehead atoms. The van der Waals surface area contributed by atoms with Crippen LogP contribution in [0.4, 0.5) is 11.4 Å². The molecule has 0 aliphatic heterocycles. The summed E-state index contributed by atoms with van der Waals surface area (Å²) in [5.41, 5.74) is 8.13. The Bertz CT molecular complexity index is 504. The number of benzene rings is 1. The van der Waals surface area contributed by atoms with Gasteiger partial charge in [0.25, 0.3) is 5.91 Å². The molecule has 1 amide bonds. The second kappa shape index (κ2) is 7.07. The van der Waals surface area contributed by atoms with Gasteiger partial charge in [0.2, 0.25) is 0 Å². The molecule has 2 unspecified atom stereocenters. The SMILES string of the molecule is CCSC1CCC(Nc2cc(N)ccc2C(=O)N(C)C)C1. The van der Waals surface area contributed by atoms with Crippen molar-refractivity contribution in [2.45, 2.75) is 37.5 Å². The lowest BCUT2D eigenvalue weighted by molar-refractivity contribution is 0.0828. The second-order valence-corrected chi connectivity index (χ2v) is 7.31. The van der Waals surface area contributed by atoms with E-state index in [1.807, 2.05) is 23.9 Å². The zero-order valence-electron chi connectivity index (χ0n) is 13.1. The topological polar surface area (TPSA) is 58.4 Å². The van der Waals surface area contributed by atoms with Gasteiger partial charge in [-0.25, -0.2) is 0 Å². The summed E-state index contributed by atoms with van der Waals surface area (Å²) in [4.78, 5) is 13.9. The van der Waals surface area contributed by atoms with E-state index in [0.717, 1.165) is 23.8 Å². The Morgan fingerprint density at radius 1 is 1.43 bits per heavy atom. The van der Waals surface area contributed by atoms with Crippen LogP contribution >= 0.6 is 11.8 Å². The summed E-state index contributed by atoms with van der Waals surface area (Å²) in [6, 6.07) is 5.90. The van der Waals surface area contributed by atoms with Crippen LogP contribution in [0.1, 0.15) is 36.5 Å². The summed E-state index contributed by atoms with van der Waals surface area (Å²) < 4.78 is 0. The summed E-state index contributed by atoms with van der Waals surface area (Å²) in [5.74, 6) is 1.18. The van der Waals surface area contributed by atoms with Crippen molar-refractivity contribution < 1.29 is 4.79 Å². The Morgan fingerprint density at radius 2 is 2.19 bits per heavy atom. The normalized spacial score (nSPS) is 21.3. The van der Waals surface area contributed by atoms with Gasteiger partial charge in [-0.05, 0) is 43.2 Å². The predicted molar refractivity (Wildman–Crippen MR) is 92.1 cm³/mol. The van der Waals surface area contributed by atoms with Crippen LogP contribution in [-0.4, -0.2) is 41.9 Å². The van der Waals surface area contributed by atoms with Crippen molar-refractivity contribution >= 4 is 29.0 Å². The van der Waals surface area contributed by atoms with Gasteiger partial charge in [0.15, 0.2) is 0 Å². The minimum Gasteiger partial charge on any atom is -0.399 e. The Balaban J connectivity index is 2.12. The van der Waals surface area contributed by atoms with E-state index in [9.17, 15) is 4.79 Å². The van der Waals surface area contributed by atoms with Gasteiger partial charge in [0, 0.05) is 36.8 Å². The number of hydrogen-bond acceptors (Lipinski definition) is 4. The van der Waals surface area contributed by atoms with Crippen molar-refractivity contribution in [3.8, 4) is 0 Å². The molecule has 0 heterocycles. The Labute approximate surface area is 131 Å². The van der Waals surface area contributed by atoms with Crippen LogP contribution in [0.2, 0.25) is 0 Å². The molecule has 0 saturated heterocycles. The zero-order chi connectivity index (χ0) is 15.4. The molecule has 3 N–H and O–H groups in total. The molecule has 5 heteroatoms. The molecule has 1 aromatic carbocycles. The summed E-state index contributed by atoms with van der Waals surface area (Å²) in [6.07, 6.45) is 3.56. The van der Waals surface area contributed by atoms with E-state index in [-0.39, 0.29) is 5.91 Å². The largest absolute Gasteiger partial charge is 0.399 e. The average Bonchev–Trinajstić information content (AvgIpc) is 2.86. The third-order valence-corrected chi connectivity index (χ3v) is 5.06. The number of nitrogens with one attached hydrogen (secondary N) is 1. The smallest absolute Gasteiger partial charge is 0.255 e. The van der Waals surface area contributed by atoms with Gasteiger partial charge in [-0.2, -0.15) is 11.8 Å². The molecule has 1 fully saturated rings. The zero-order valence-corrected chi connectivity index (χ0v) is 13.9. The molecule has 2 atom stereocenters. The van der Waals surface area contributed by atoms with Gasteiger partial charge < -0.3 is 16.0 Å². The maximum absolute atomic E-state index is 12.3. The van der Waals surface area contributed by atoms with Gasteiger partial charge in [-0.3, -0.25) is 4.79 Å². The van der Waals surface area contributed by atoms with Crippen molar-refractivity contribution in [3.05, 3.63) is 23.8 Å². The van der Waals surface area contributed by atoms with E-state index in [1.165, 1.54) is 12.2 Å². The van der Waals surface area contributed by atoms with Crippen molar-refractivity contribution in [2.24, 2.45) is 0 Å². The molecule has 1 aliphatic carbocycles. The number of nitrogen functional groups attached to an aromatic ring is 1. The van der Waals surface area contributed by atoms with Crippen molar-refractivity contribution in [1.29, 1.82) is 0 Å². The predicted octanol–water partition coefficient (Wildman–Crippen LogP) is 3.06. The molecule has 21 heavy (non-hydrogen) atoms. The van der Waals surface area contributed by atoms with E-state index in [0.29, 0.717) is 17.3 Å². The molecule has 1 saturated carbocycles. The van der Waals surface area contributed by atoms with Gasteiger partial charge in [0.05, 0.1) is 5.56 Å². The van der Waals surface area contributed by atoms with Gasteiger partial charge in [-0.15, -0.1) is 0 Å². The number of carbonyl (C=O) groups is 1. The van der Waals surface area contributed by atoms with E-state index >= 15 is 0 Å². The van der Waals surface area contributed by atoms with Gasteiger partial charge >= 0.3 is 0 Å². The highest BCUT2D eigenvalue weighted by molar-refractivity contribution is 7.99. The van der Waals surface area contributed by atoms with Crippen molar-refractivity contribution in [1.82, 2.24) is 4.90 Å². The molecule has 1 aliphatic rings. The standard InChI is InChI=1S/C16H25N3OS/c1-4-21-13-7-6-12(10-13)18-15-9-11(17)5-8-14(15)16(20)19(2)3/h5,8-9,12-13,18H,4,6-7,10,17H2,1-3H3. The highest BCUT2D eigenvalue weighted by atomic mass is 32.2. The number of amides is 1. The van der Waals surface area contributed by atoms with Gasteiger partial charge in [-0.1, -0.05) is 6.92 Å². The highest BCUT2D eigenvalue weighted by Crippen LogP contribution is 2.32. The number of nitrogens with zero attached hydrogens (tertiary/aromatic N) is 1. The molecule has 0 spiro atoms. The summed E-state index contributed by atoms with van der Waals surface area (Å²) >= 11 is 2.03. The minimum absolute atomic E-state index is 0.00924. The third-order valence-electron chi connectivity index (χ3n) is 3.83. The maximum Gasteiger partial charge on any atom is 0.255 e. The maximum atomic E-state index is 12.3. The summed E-state index contributed by atoms with van der Waals surface area (Å²) in [7, 11) is 3.54. The molecule has 116 valence electrons. The lowest BCUT2D eigenvalue weighted by atomic mass is 10.1. The molecule has 0 radical (unpaired) electrons. The van der Waals surface area contributed by atoms with E-state index < -0.39 is 0 Å². The summed E-state index contributed by atoms with van der Waals surface area (Å²) in [6.45, 7) is 2.21. The molecule has 0 aromatic heterocycles. The fourth-order valence-electron chi connectivity index (χ4n) is 2.79. The number of rotatable bonds is 5. The third kappa shape index (κ3) is 4.06. The Kier molecular flexibility index (Phi) is 5.39. The Hall–Kier alpha value is -1.36. The van der Waals surface area contributed by atoms with Crippen molar-refractivity contribution in [2.75, 3.05) is 30.9 Å². The van der Waals surface area contributed by atoms with Crippen molar-refractivity contribution in [3.63, 3.8) is 0 Å². The number of thioether (sulfide) groups is 1. The monoisotopic (exact) mass is 307 g/mol. The number of nitrogens with two attached hydrogens (primary N) is 1. The van der Waals surface area contributed by atoms with Crippen LogP contribution in [-0.2, 0) is 0 Å². The molecule has 4 nitrogen and oxygen atoms in total. The average molecular weight is 307 g/mol. The fraction of sp³-hybridized carbons (Fsp3) is 0.562. The van der Waals surface area contributed by atoms with Crippen LogP contribution in [0, 0.1) is 0 Å². The summed E-state index contributed by atoms with van der Waals surface area (Å²) in [5, 5.41) is 4.27. The van der Waals surface area contributed by atoms with Gasteiger partial charge in [0.1, 0.15) is 0 Å². The van der Waals surface area contributed by atoms with E-state index in [4.69, 9.17) is 5.73 Å². The molecular weight excluding hydrogens is 282 g/mol. The highest BCUT2D eigenvalue weighted by Gasteiger charge is 2.25. The molecule has 2 rings (SSSR count). The molecule has 1 aromatic rings. The van der Waals surface area contributed by atoms with Crippen LogP contribution < -0.4 is 11.1 Å². The second-order valence-electron chi connectivity index (χ2n) is 5.74. The van der Waals surface area contributed by atoms with E-state index in [1.54, 1.807) is 25.1 Å². The fourth-order valence-corrected chi connectivity index (χ4v) is 3.93. The number of hydrogen-bond donors (Lipinski definition) is 2. The first-order valence-corrected chi connectivity index (χ1v) is 8.55. The minimum atomic E-state index is 0.00924. The molecular formula is C16H25N3OS. The van der Waals surface area contributed by atoms with Crippen LogP contribution in [0.3, 0.4) is 0 Å². The number of carbonyl (C=O) groups excluding carboxylic acids is 1. The van der Waals surface area contributed by atoms with Crippen LogP contribution in [0.25, 0.3) is 0 Å². The van der Waals surface area contributed by atoms with Crippen LogP contribution in [0.5, 0.6) is 0 Å². The first kappa shape index (κ1) is 16.0. The number of anilines is 2. The first-order chi connectivity index (χ1) is 10.0. The first-order valence-electron chi connectivity index (χ1n) is 7.50. The van der Waals surface area contributed by atoms with Crippen LogP contribution in [0.15, 0.2) is 18.2 Å². The Morgan fingerprint density at radius 3 is 2.86 bits per heavy atom. The lowest BCUT2D eigenvalue weighted by Gasteiger charge is -2.19. The van der Waals surface area contributed by atoms with E-state index in [2.05, 4.69) is 12.2 Å². The quantitative estimate of drug-likeness (QED) is 0.821.